The van der Waals surface area contributed by atoms with Gasteiger partial charge in [-0.2, -0.15) is 0 Å². The van der Waals surface area contributed by atoms with Crippen LogP contribution in [0.1, 0.15) is 49.9 Å². The number of hydrogen-bond donors (Lipinski definition) is 2. The van der Waals surface area contributed by atoms with E-state index in [1.54, 1.807) is 12.1 Å². The third-order valence-electron chi connectivity index (χ3n) is 4.55. The van der Waals surface area contributed by atoms with E-state index in [1.165, 1.54) is 6.07 Å². The normalized spacial score (nSPS) is 15.8. The van der Waals surface area contributed by atoms with Gasteiger partial charge < -0.3 is 15.3 Å². The number of nitrogens with one attached hydrogen (secondary N) is 1. The zero-order valence-electron chi connectivity index (χ0n) is 14.7. The first-order chi connectivity index (χ1) is 11.5. The molecule has 1 unspecified atom stereocenters. The maximum atomic E-state index is 14.3. The van der Waals surface area contributed by atoms with Crippen LogP contribution in [0.4, 0.5) is 10.1 Å². The van der Waals surface area contributed by atoms with Crippen LogP contribution in [0.3, 0.4) is 0 Å². The van der Waals surface area contributed by atoms with Crippen LogP contribution in [-0.4, -0.2) is 37.3 Å². The maximum Gasteiger partial charge on any atom is 0.251 e. The number of halogens is 1. The Bertz CT molecular complexity index is 542. The second kappa shape index (κ2) is 9.02. The van der Waals surface area contributed by atoms with E-state index in [2.05, 4.69) is 19.2 Å². The molecule has 0 aromatic heterocycles. The molecular formula is C19H29FN2O2. The Morgan fingerprint density at radius 3 is 2.62 bits per heavy atom. The average molecular weight is 336 g/mol. The Hall–Kier alpha value is -1.62. The van der Waals surface area contributed by atoms with Gasteiger partial charge in [-0.3, -0.25) is 4.79 Å². The summed E-state index contributed by atoms with van der Waals surface area (Å²) in [5, 5.41) is 12.0. The van der Waals surface area contributed by atoms with Crippen molar-refractivity contribution in [3.8, 4) is 0 Å². The first kappa shape index (κ1) is 18.7. The summed E-state index contributed by atoms with van der Waals surface area (Å²) < 4.78 is 14.3. The predicted octanol–water partition coefficient (Wildman–Crippen LogP) is 3.20. The quantitative estimate of drug-likeness (QED) is 0.766. The zero-order valence-corrected chi connectivity index (χ0v) is 14.7. The van der Waals surface area contributed by atoms with Crippen molar-refractivity contribution in [1.82, 2.24) is 5.32 Å². The number of carbonyl (C=O) groups excluding carboxylic acids is 1. The number of nitrogens with zero attached hydrogens (tertiary/aromatic N) is 1. The molecule has 1 aliphatic rings. The molecule has 1 aliphatic heterocycles. The average Bonchev–Trinajstić information content (AvgIpc) is 3.06. The smallest absolute Gasteiger partial charge is 0.251 e. The minimum atomic E-state index is -0.335. The molecule has 1 amide bonds. The van der Waals surface area contributed by atoms with E-state index >= 15 is 0 Å². The lowest BCUT2D eigenvalue weighted by molar-refractivity contribution is 0.0941. The molecule has 134 valence electrons. The molecule has 5 heteroatoms. The van der Waals surface area contributed by atoms with E-state index in [0.29, 0.717) is 30.1 Å². The molecule has 1 saturated heterocycles. The van der Waals surface area contributed by atoms with Gasteiger partial charge in [0, 0.05) is 31.8 Å². The van der Waals surface area contributed by atoms with E-state index in [-0.39, 0.29) is 24.2 Å². The molecule has 2 N–H and O–H groups in total. The standard InChI is InChI=1S/C19H29FN2O2/c1-14(2)11-15(7-10-23)13-21-19(24)16-5-6-18(17(20)12-16)22-8-3-4-9-22/h5-6,12,14-15,23H,3-4,7-11,13H2,1-2H3,(H,21,24). The highest BCUT2D eigenvalue weighted by atomic mass is 19.1. The molecule has 1 aromatic rings. The second-order valence-corrected chi connectivity index (χ2v) is 7.08. The summed E-state index contributed by atoms with van der Waals surface area (Å²) in [6, 6.07) is 4.72. The van der Waals surface area contributed by atoms with Crippen molar-refractivity contribution >= 4 is 11.6 Å². The Balaban J connectivity index is 1.95. The van der Waals surface area contributed by atoms with Crippen molar-refractivity contribution in [2.75, 3.05) is 31.1 Å². The molecule has 0 saturated carbocycles. The molecule has 0 aliphatic carbocycles. The number of carbonyl (C=O) groups is 1. The minimum absolute atomic E-state index is 0.117. The first-order valence-electron chi connectivity index (χ1n) is 8.94. The number of aliphatic hydroxyl groups excluding tert-OH is 1. The molecule has 1 aromatic carbocycles. The molecule has 24 heavy (non-hydrogen) atoms. The number of aliphatic hydroxyl groups is 1. The zero-order chi connectivity index (χ0) is 17.5. The van der Waals surface area contributed by atoms with Crippen molar-refractivity contribution in [3.05, 3.63) is 29.6 Å². The van der Waals surface area contributed by atoms with Gasteiger partial charge in [0.05, 0.1) is 5.69 Å². The Kier molecular flexibility index (Phi) is 7.03. The Morgan fingerprint density at radius 2 is 2.04 bits per heavy atom. The van der Waals surface area contributed by atoms with Gasteiger partial charge in [0.25, 0.3) is 5.91 Å². The predicted molar refractivity (Wildman–Crippen MR) is 94.8 cm³/mol. The Labute approximate surface area is 144 Å². The van der Waals surface area contributed by atoms with Gasteiger partial charge in [-0.1, -0.05) is 13.8 Å². The summed E-state index contributed by atoms with van der Waals surface area (Å²) in [6.45, 7) is 6.62. The van der Waals surface area contributed by atoms with Crippen LogP contribution in [0.15, 0.2) is 18.2 Å². The van der Waals surface area contributed by atoms with Crippen molar-refractivity contribution in [3.63, 3.8) is 0 Å². The van der Waals surface area contributed by atoms with Crippen LogP contribution in [0.5, 0.6) is 0 Å². The second-order valence-electron chi connectivity index (χ2n) is 7.08. The minimum Gasteiger partial charge on any atom is -0.396 e. The molecule has 1 atom stereocenters. The fraction of sp³-hybridized carbons (Fsp3) is 0.632. The van der Waals surface area contributed by atoms with Crippen molar-refractivity contribution in [1.29, 1.82) is 0 Å². The van der Waals surface area contributed by atoms with Crippen LogP contribution >= 0.6 is 0 Å². The number of amides is 1. The Morgan fingerprint density at radius 1 is 1.33 bits per heavy atom. The van der Waals surface area contributed by atoms with E-state index in [0.717, 1.165) is 32.4 Å². The van der Waals surface area contributed by atoms with Gasteiger partial charge in [0.2, 0.25) is 0 Å². The van der Waals surface area contributed by atoms with Crippen molar-refractivity contribution in [2.45, 2.75) is 39.5 Å². The summed E-state index contributed by atoms with van der Waals surface area (Å²) in [5.41, 5.74) is 0.935. The number of anilines is 1. The van der Waals surface area contributed by atoms with Crippen LogP contribution in [0, 0.1) is 17.7 Å². The molecule has 1 heterocycles. The third-order valence-corrected chi connectivity index (χ3v) is 4.55. The summed E-state index contributed by atoms with van der Waals surface area (Å²) in [5.74, 6) is 0.163. The highest BCUT2D eigenvalue weighted by molar-refractivity contribution is 5.94. The van der Waals surface area contributed by atoms with Gasteiger partial charge >= 0.3 is 0 Å². The SMILES string of the molecule is CC(C)CC(CCO)CNC(=O)c1ccc(N2CCCC2)c(F)c1. The van der Waals surface area contributed by atoms with Crippen molar-refractivity contribution < 1.29 is 14.3 Å². The van der Waals surface area contributed by atoms with Crippen molar-refractivity contribution in [2.24, 2.45) is 11.8 Å². The van der Waals surface area contributed by atoms with Crippen LogP contribution < -0.4 is 10.2 Å². The van der Waals surface area contributed by atoms with Gasteiger partial charge in [-0.15, -0.1) is 0 Å². The highest BCUT2D eigenvalue weighted by Crippen LogP contribution is 2.24. The van der Waals surface area contributed by atoms with E-state index in [9.17, 15) is 9.18 Å². The van der Waals surface area contributed by atoms with E-state index < -0.39 is 0 Å². The van der Waals surface area contributed by atoms with Crippen LogP contribution in [0.25, 0.3) is 0 Å². The van der Waals surface area contributed by atoms with Gasteiger partial charge in [-0.05, 0) is 55.7 Å². The number of benzene rings is 1. The molecular weight excluding hydrogens is 307 g/mol. The third kappa shape index (κ3) is 5.20. The summed E-state index contributed by atoms with van der Waals surface area (Å²) >= 11 is 0. The monoisotopic (exact) mass is 336 g/mol. The molecule has 4 nitrogen and oxygen atoms in total. The van der Waals surface area contributed by atoms with Gasteiger partial charge in [0.1, 0.15) is 5.82 Å². The lowest BCUT2D eigenvalue weighted by Gasteiger charge is -2.20. The molecule has 2 rings (SSSR count). The molecule has 0 spiro atoms. The largest absolute Gasteiger partial charge is 0.396 e. The van der Waals surface area contributed by atoms with E-state index in [4.69, 9.17) is 5.11 Å². The van der Waals surface area contributed by atoms with Crippen LogP contribution in [0.2, 0.25) is 0 Å². The maximum absolute atomic E-state index is 14.3. The number of rotatable bonds is 8. The lowest BCUT2D eigenvalue weighted by Crippen LogP contribution is -2.30. The number of hydrogen-bond acceptors (Lipinski definition) is 3. The summed E-state index contributed by atoms with van der Waals surface area (Å²) in [4.78, 5) is 14.3. The fourth-order valence-corrected chi connectivity index (χ4v) is 3.35. The van der Waals surface area contributed by atoms with Crippen LogP contribution in [-0.2, 0) is 0 Å². The molecule has 1 fully saturated rings. The fourth-order valence-electron chi connectivity index (χ4n) is 3.35. The molecule has 0 bridgehead atoms. The summed E-state index contributed by atoms with van der Waals surface area (Å²) in [7, 11) is 0. The summed E-state index contributed by atoms with van der Waals surface area (Å²) in [6.07, 6.45) is 3.79. The molecule has 0 radical (unpaired) electrons. The highest BCUT2D eigenvalue weighted by Gasteiger charge is 2.18. The van der Waals surface area contributed by atoms with E-state index in [1.807, 2.05) is 4.90 Å². The van der Waals surface area contributed by atoms with Gasteiger partial charge in [-0.25, -0.2) is 4.39 Å². The lowest BCUT2D eigenvalue weighted by atomic mass is 9.94. The topological polar surface area (TPSA) is 52.6 Å². The first-order valence-corrected chi connectivity index (χ1v) is 8.94. The van der Waals surface area contributed by atoms with Gasteiger partial charge in [0.15, 0.2) is 0 Å².